The summed E-state index contributed by atoms with van der Waals surface area (Å²) in [5.41, 5.74) is 0.374. The number of allylic oxidation sites excluding steroid dienone is 3. The average molecular weight is 487 g/mol. The summed E-state index contributed by atoms with van der Waals surface area (Å²) in [5, 5.41) is 0. The number of unbranched alkanes of at least 4 members (excludes halogenated alkanes) is 1. The minimum atomic E-state index is -3.88. The zero-order valence-corrected chi connectivity index (χ0v) is 19.9. The number of rotatable bonds is 9. The smallest absolute Gasteiger partial charge is 0.311 e. The predicted octanol–water partition coefficient (Wildman–Crippen LogP) is 4.86. The second-order valence-electron chi connectivity index (χ2n) is 8.11. The Morgan fingerprint density at radius 3 is 2.32 bits per heavy atom. The van der Waals surface area contributed by atoms with E-state index in [-0.39, 0.29) is 24.4 Å². The van der Waals surface area contributed by atoms with Gasteiger partial charge in [0.25, 0.3) is 0 Å². The third-order valence-corrected chi connectivity index (χ3v) is 8.35. The zero-order chi connectivity index (χ0) is 24.8. The summed E-state index contributed by atoms with van der Waals surface area (Å²) in [5.74, 6) is -1.80. The van der Waals surface area contributed by atoms with Gasteiger partial charge in [-0.15, -0.1) is 0 Å². The van der Waals surface area contributed by atoms with Crippen molar-refractivity contribution in [3.63, 3.8) is 0 Å². The number of hydrogen-bond acceptors (Lipinski definition) is 6. The zero-order valence-electron chi connectivity index (χ0n) is 19.1. The van der Waals surface area contributed by atoms with E-state index >= 15 is 0 Å². The molecule has 2 atom stereocenters. The van der Waals surface area contributed by atoms with Crippen molar-refractivity contribution < 1.29 is 31.9 Å². The fraction of sp³-hybridized carbons (Fsp3) is 0.308. The summed E-state index contributed by atoms with van der Waals surface area (Å²) < 4.78 is 50.1. The van der Waals surface area contributed by atoms with Crippen LogP contribution in [0, 0.1) is 11.7 Å². The molecule has 34 heavy (non-hydrogen) atoms. The van der Waals surface area contributed by atoms with Gasteiger partial charge < -0.3 is 9.47 Å². The number of halogens is 1. The molecule has 2 aromatic carbocycles. The van der Waals surface area contributed by atoms with Crippen molar-refractivity contribution in [2.75, 3.05) is 5.75 Å². The van der Waals surface area contributed by atoms with Crippen LogP contribution in [-0.2, 0) is 28.9 Å². The van der Waals surface area contributed by atoms with Gasteiger partial charge in [-0.05, 0) is 48.7 Å². The van der Waals surface area contributed by atoms with Gasteiger partial charge in [0.05, 0.1) is 5.75 Å². The second-order valence-corrected chi connectivity index (χ2v) is 10.4. The maximum Gasteiger partial charge on any atom is 0.311 e. The quantitative estimate of drug-likeness (QED) is 0.286. The predicted molar refractivity (Wildman–Crippen MR) is 126 cm³/mol. The van der Waals surface area contributed by atoms with E-state index in [1.54, 1.807) is 43.3 Å². The molecule has 0 radical (unpaired) electrons. The van der Waals surface area contributed by atoms with E-state index in [1.165, 1.54) is 37.3 Å². The van der Waals surface area contributed by atoms with Crippen LogP contribution in [0.2, 0.25) is 0 Å². The van der Waals surface area contributed by atoms with E-state index in [0.29, 0.717) is 17.7 Å². The summed E-state index contributed by atoms with van der Waals surface area (Å²) in [6, 6.07) is 13.9. The monoisotopic (exact) mass is 486 g/mol. The van der Waals surface area contributed by atoms with Crippen LogP contribution in [0.25, 0.3) is 0 Å². The van der Waals surface area contributed by atoms with Gasteiger partial charge >= 0.3 is 11.9 Å². The molecule has 0 spiro atoms. The molecule has 0 N–H and O–H groups in total. The molecular weight excluding hydrogens is 459 g/mol. The van der Waals surface area contributed by atoms with Crippen LogP contribution in [0.15, 0.2) is 78.6 Å². The van der Waals surface area contributed by atoms with Gasteiger partial charge in [0, 0.05) is 19.3 Å². The number of sulfone groups is 1. The maximum absolute atomic E-state index is 13.7. The topological polar surface area (TPSA) is 86.7 Å². The maximum atomic E-state index is 13.7. The Morgan fingerprint density at radius 2 is 1.68 bits per heavy atom. The number of ether oxygens (including phenoxy) is 2. The normalized spacial score (nSPS) is 19.9. The van der Waals surface area contributed by atoms with Crippen molar-refractivity contribution in [1.82, 2.24) is 0 Å². The Morgan fingerprint density at radius 1 is 1.00 bits per heavy atom. The number of para-hydroxylation sites is 1. The lowest BCUT2D eigenvalue weighted by Gasteiger charge is -2.39. The van der Waals surface area contributed by atoms with E-state index in [4.69, 9.17) is 9.47 Å². The molecule has 0 bridgehead atoms. The van der Waals surface area contributed by atoms with Gasteiger partial charge in [0.1, 0.15) is 22.1 Å². The van der Waals surface area contributed by atoms with Gasteiger partial charge in [-0.3, -0.25) is 9.59 Å². The highest BCUT2D eigenvalue weighted by atomic mass is 32.2. The van der Waals surface area contributed by atoms with Crippen molar-refractivity contribution in [2.45, 2.75) is 37.9 Å². The molecule has 8 heteroatoms. The molecule has 1 aliphatic carbocycles. The Labute approximate surface area is 199 Å². The number of esters is 2. The van der Waals surface area contributed by atoms with Crippen LogP contribution in [0.4, 0.5) is 4.39 Å². The van der Waals surface area contributed by atoms with Crippen LogP contribution in [0.1, 0.15) is 38.7 Å². The highest BCUT2D eigenvalue weighted by molar-refractivity contribution is 7.92. The van der Waals surface area contributed by atoms with E-state index < -0.39 is 38.3 Å². The number of hydrogen-bond donors (Lipinski definition) is 0. The van der Waals surface area contributed by atoms with Crippen LogP contribution < -0.4 is 4.74 Å². The van der Waals surface area contributed by atoms with Crippen molar-refractivity contribution in [3.05, 3.63) is 90.0 Å². The molecule has 3 rings (SSSR count). The minimum absolute atomic E-state index is 0.0674. The number of carbonyl (C=O) groups is 2. The Hall–Kier alpha value is -3.26. The third-order valence-electron chi connectivity index (χ3n) is 5.76. The molecule has 0 aliphatic heterocycles. The van der Waals surface area contributed by atoms with Crippen molar-refractivity contribution >= 4 is 21.8 Å². The first-order chi connectivity index (χ1) is 16.2. The Kier molecular flexibility index (Phi) is 8.04. The molecule has 2 unspecified atom stereocenters. The first-order valence-electron chi connectivity index (χ1n) is 11.0. The molecule has 0 saturated carbocycles. The Bertz CT molecular complexity index is 1190. The summed E-state index contributed by atoms with van der Waals surface area (Å²) in [7, 11) is -3.88. The largest absolute Gasteiger partial charge is 0.431 e. The second kappa shape index (κ2) is 10.8. The molecule has 0 amide bonds. The molecule has 0 fully saturated rings. The Balaban J connectivity index is 1.77. The van der Waals surface area contributed by atoms with Gasteiger partial charge in [-0.2, -0.15) is 0 Å². The lowest BCUT2D eigenvalue weighted by Crippen LogP contribution is -2.44. The number of carbonyl (C=O) groups excluding carboxylic acids is 2. The molecular formula is C26H27FO6S. The molecule has 180 valence electrons. The lowest BCUT2D eigenvalue weighted by molar-refractivity contribution is -0.138. The van der Waals surface area contributed by atoms with Crippen LogP contribution >= 0.6 is 0 Å². The van der Waals surface area contributed by atoms with Crippen LogP contribution in [0.3, 0.4) is 0 Å². The van der Waals surface area contributed by atoms with Crippen LogP contribution in [0.5, 0.6) is 5.75 Å². The van der Waals surface area contributed by atoms with Gasteiger partial charge in [0.15, 0.2) is 9.84 Å². The van der Waals surface area contributed by atoms with Crippen molar-refractivity contribution in [2.24, 2.45) is 5.92 Å². The summed E-state index contributed by atoms with van der Waals surface area (Å²) in [6.07, 6.45) is 5.26. The van der Waals surface area contributed by atoms with Crippen LogP contribution in [-0.4, -0.2) is 26.1 Å². The average Bonchev–Trinajstić information content (AvgIpc) is 2.79. The summed E-state index contributed by atoms with van der Waals surface area (Å²) >= 11 is 0. The van der Waals surface area contributed by atoms with E-state index in [9.17, 15) is 22.4 Å². The molecule has 1 aliphatic rings. The van der Waals surface area contributed by atoms with E-state index in [2.05, 4.69) is 0 Å². The molecule has 0 heterocycles. The number of benzene rings is 2. The minimum Gasteiger partial charge on any atom is -0.431 e. The van der Waals surface area contributed by atoms with Crippen molar-refractivity contribution in [1.29, 1.82) is 0 Å². The lowest BCUT2D eigenvalue weighted by atomic mass is 9.82. The van der Waals surface area contributed by atoms with Gasteiger partial charge in [0.2, 0.25) is 0 Å². The van der Waals surface area contributed by atoms with Gasteiger partial charge in [-0.25, -0.2) is 12.8 Å². The summed E-state index contributed by atoms with van der Waals surface area (Å²) in [6.45, 7) is 2.91. The highest BCUT2D eigenvalue weighted by Gasteiger charge is 2.50. The molecule has 6 nitrogen and oxygen atoms in total. The standard InChI is InChI=1S/C26H27FO6S/c1-19-24(32-20(2)28)11-8-17-26(19,21-13-15-22(27)16-14-21)34(30,31)18-7-6-12-25(29)33-23-9-4-3-5-10-23/h3-5,8-11,13-17,19H,6-7,12,18H2,1-2H3. The van der Waals surface area contributed by atoms with E-state index in [1.807, 2.05) is 6.07 Å². The fourth-order valence-corrected chi connectivity index (χ4v) is 6.44. The van der Waals surface area contributed by atoms with Crippen molar-refractivity contribution in [3.8, 4) is 5.75 Å². The fourth-order valence-electron chi connectivity index (χ4n) is 4.08. The summed E-state index contributed by atoms with van der Waals surface area (Å²) in [4.78, 5) is 23.7. The van der Waals surface area contributed by atoms with Gasteiger partial charge in [-0.1, -0.05) is 49.4 Å². The first-order valence-corrected chi connectivity index (χ1v) is 12.6. The van der Waals surface area contributed by atoms with E-state index in [0.717, 1.165) is 0 Å². The molecule has 0 saturated heterocycles. The molecule has 0 aromatic heterocycles. The molecule has 2 aromatic rings. The highest BCUT2D eigenvalue weighted by Crippen LogP contribution is 2.46. The first kappa shape index (κ1) is 25.4. The third kappa shape index (κ3) is 5.62. The SMILES string of the molecule is CC(=O)OC1=CC=CC(c2ccc(F)cc2)(S(=O)(=O)CCCCC(=O)Oc2ccccc2)C1C.